The third-order valence-electron chi connectivity index (χ3n) is 4.39. The minimum Gasteiger partial charge on any atom is -0.377 e. The largest absolute Gasteiger partial charge is 0.377 e. The van der Waals surface area contributed by atoms with E-state index in [9.17, 15) is 0 Å². The third-order valence-corrected chi connectivity index (χ3v) is 4.39. The zero-order valence-electron chi connectivity index (χ0n) is 9.84. The van der Waals surface area contributed by atoms with E-state index in [1.54, 1.807) is 0 Å². The molecule has 4 unspecified atom stereocenters. The van der Waals surface area contributed by atoms with E-state index < -0.39 is 0 Å². The van der Waals surface area contributed by atoms with Gasteiger partial charge in [-0.3, -0.25) is 0 Å². The maximum absolute atomic E-state index is 5.56. The first-order chi connectivity index (χ1) is 6.54. The summed E-state index contributed by atoms with van der Waals surface area (Å²) in [5.41, 5.74) is 0.544. The van der Waals surface area contributed by atoms with Crippen LogP contribution in [0.15, 0.2) is 0 Å². The lowest BCUT2D eigenvalue weighted by Gasteiger charge is -2.20. The van der Waals surface area contributed by atoms with Crippen molar-refractivity contribution in [3.8, 4) is 0 Å². The van der Waals surface area contributed by atoms with Gasteiger partial charge in [-0.25, -0.2) is 0 Å². The van der Waals surface area contributed by atoms with E-state index in [0.717, 1.165) is 18.6 Å². The quantitative estimate of drug-likeness (QED) is 0.749. The first-order valence-corrected chi connectivity index (χ1v) is 5.91. The van der Waals surface area contributed by atoms with Gasteiger partial charge in [-0.1, -0.05) is 20.8 Å². The van der Waals surface area contributed by atoms with Crippen molar-refractivity contribution in [1.29, 1.82) is 0 Å². The van der Waals surface area contributed by atoms with Crippen LogP contribution in [0.5, 0.6) is 0 Å². The number of hydrogen-bond donors (Lipinski definition) is 1. The molecule has 2 fully saturated rings. The Labute approximate surface area is 87.4 Å². The minimum atomic E-state index is 0.409. The van der Waals surface area contributed by atoms with Crippen LogP contribution in [0.1, 0.15) is 40.5 Å². The molecule has 82 valence electrons. The summed E-state index contributed by atoms with van der Waals surface area (Å²) < 4.78 is 5.56. The third kappa shape index (κ3) is 1.70. The molecule has 2 rings (SSSR count). The molecule has 2 aliphatic rings. The van der Waals surface area contributed by atoms with Crippen LogP contribution >= 0.6 is 0 Å². The van der Waals surface area contributed by atoms with Crippen molar-refractivity contribution in [3.05, 3.63) is 0 Å². The SMILES string of the molecule is CC1OCCC1NC1CC1(C)C(C)C. The molecule has 0 bridgehead atoms. The average molecular weight is 197 g/mol. The summed E-state index contributed by atoms with van der Waals surface area (Å²) in [6.45, 7) is 10.2. The van der Waals surface area contributed by atoms with Crippen LogP contribution in [0.25, 0.3) is 0 Å². The monoisotopic (exact) mass is 197 g/mol. The van der Waals surface area contributed by atoms with Crippen LogP contribution in [0.3, 0.4) is 0 Å². The van der Waals surface area contributed by atoms with Gasteiger partial charge in [-0.15, -0.1) is 0 Å². The van der Waals surface area contributed by atoms with Crippen LogP contribution in [-0.2, 0) is 4.74 Å². The van der Waals surface area contributed by atoms with E-state index in [-0.39, 0.29) is 0 Å². The highest BCUT2D eigenvalue weighted by atomic mass is 16.5. The smallest absolute Gasteiger partial charge is 0.0700 e. The van der Waals surface area contributed by atoms with E-state index >= 15 is 0 Å². The number of nitrogens with one attached hydrogen (secondary N) is 1. The zero-order valence-corrected chi connectivity index (χ0v) is 9.84. The molecule has 1 saturated heterocycles. The molecule has 0 spiro atoms. The molecule has 0 aromatic heterocycles. The molecule has 1 aliphatic heterocycles. The van der Waals surface area contributed by atoms with Gasteiger partial charge in [-0.2, -0.15) is 0 Å². The number of rotatable bonds is 3. The standard InChI is InChI=1S/C12H23NO/c1-8(2)12(4)7-11(12)13-10-5-6-14-9(10)3/h8-11,13H,5-7H2,1-4H3. The zero-order chi connectivity index (χ0) is 10.3. The van der Waals surface area contributed by atoms with Crippen molar-refractivity contribution in [2.45, 2.75) is 58.7 Å². The summed E-state index contributed by atoms with van der Waals surface area (Å²) in [7, 11) is 0. The highest BCUT2D eigenvalue weighted by Crippen LogP contribution is 2.51. The molecule has 1 heterocycles. The molecule has 0 aromatic rings. The molecule has 0 aromatic carbocycles. The lowest BCUT2D eigenvalue weighted by molar-refractivity contribution is 0.112. The molecule has 1 saturated carbocycles. The van der Waals surface area contributed by atoms with Gasteiger partial charge in [0.15, 0.2) is 0 Å². The van der Waals surface area contributed by atoms with Crippen molar-refractivity contribution in [2.75, 3.05) is 6.61 Å². The molecule has 0 amide bonds. The van der Waals surface area contributed by atoms with E-state index in [1.807, 2.05) is 0 Å². The van der Waals surface area contributed by atoms with Gasteiger partial charge < -0.3 is 10.1 Å². The Kier molecular flexibility index (Phi) is 2.61. The number of hydrogen-bond acceptors (Lipinski definition) is 2. The van der Waals surface area contributed by atoms with Crippen LogP contribution in [-0.4, -0.2) is 24.8 Å². The predicted molar refractivity (Wildman–Crippen MR) is 58.3 cm³/mol. The summed E-state index contributed by atoms with van der Waals surface area (Å²) in [6, 6.07) is 1.33. The van der Waals surface area contributed by atoms with Crippen molar-refractivity contribution in [3.63, 3.8) is 0 Å². The van der Waals surface area contributed by atoms with Gasteiger partial charge in [0.2, 0.25) is 0 Å². The van der Waals surface area contributed by atoms with Gasteiger partial charge in [0.1, 0.15) is 0 Å². The molecule has 2 nitrogen and oxygen atoms in total. The number of ether oxygens (including phenoxy) is 1. The topological polar surface area (TPSA) is 21.3 Å². The average Bonchev–Trinajstić information content (AvgIpc) is 2.59. The normalized spacial score (nSPS) is 47.4. The Balaban J connectivity index is 1.83. The summed E-state index contributed by atoms with van der Waals surface area (Å²) in [6.07, 6.45) is 2.94. The van der Waals surface area contributed by atoms with Gasteiger partial charge in [-0.05, 0) is 31.1 Å². The van der Waals surface area contributed by atoms with Gasteiger partial charge in [0, 0.05) is 18.7 Å². The molecule has 4 atom stereocenters. The van der Waals surface area contributed by atoms with E-state index in [2.05, 4.69) is 33.0 Å². The summed E-state index contributed by atoms with van der Waals surface area (Å²) in [5.74, 6) is 0.789. The van der Waals surface area contributed by atoms with E-state index in [0.29, 0.717) is 17.6 Å². The van der Waals surface area contributed by atoms with Gasteiger partial charge in [0.05, 0.1) is 6.10 Å². The first kappa shape index (κ1) is 10.4. The Morgan fingerprint density at radius 2 is 2.14 bits per heavy atom. The molecule has 1 aliphatic carbocycles. The fraction of sp³-hybridized carbons (Fsp3) is 1.00. The molecular weight excluding hydrogens is 174 g/mol. The summed E-state index contributed by atoms with van der Waals surface area (Å²) in [4.78, 5) is 0. The second-order valence-electron chi connectivity index (χ2n) is 5.55. The Hall–Kier alpha value is -0.0800. The molecule has 0 radical (unpaired) electrons. The van der Waals surface area contributed by atoms with Crippen LogP contribution in [0, 0.1) is 11.3 Å². The summed E-state index contributed by atoms with van der Waals surface area (Å²) >= 11 is 0. The summed E-state index contributed by atoms with van der Waals surface area (Å²) in [5, 5.41) is 3.75. The van der Waals surface area contributed by atoms with Crippen molar-refractivity contribution in [2.24, 2.45) is 11.3 Å². The lowest BCUT2D eigenvalue weighted by Crippen LogP contribution is -2.38. The maximum atomic E-state index is 5.56. The van der Waals surface area contributed by atoms with E-state index in [4.69, 9.17) is 4.74 Å². The lowest BCUT2D eigenvalue weighted by atomic mass is 9.94. The first-order valence-electron chi connectivity index (χ1n) is 5.91. The second-order valence-corrected chi connectivity index (χ2v) is 5.55. The minimum absolute atomic E-state index is 0.409. The molecular formula is C12H23NO. The van der Waals surface area contributed by atoms with E-state index in [1.165, 1.54) is 12.8 Å². The van der Waals surface area contributed by atoms with Crippen molar-refractivity contribution in [1.82, 2.24) is 5.32 Å². The highest BCUT2D eigenvalue weighted by Gasteiger charge is 2.52. The van der Waals surface area contributed by atoms with Crippen LogP contribution in [0.4, 0.5) is 0 Å². The molecule has 2 heteroatoms. The van der Waals surface area contributed by atoms with Crippen molar-refractivity contribution < 1.29 is 4.74 Å². The second kappa shape index (κ2) is 3.49. The van der Waals surface area contributed by atoms with Crippen LogP contribution in [0.2, 0.25) is 0 Å². The maximum Gasteiger partial charge on any atom is 0.0700 e. The molecule has 1 N–H and O–H groups in total. The highest BCUT2D eigenvalue weighted by molar-refractivity contribution is 5.08. The van der Waals surface area contributed by atoms with Gasteiger partial charge >= 0.3 is 0 Å². The Morgan fingerprint density at radius 1 is 1.43 bits per heavy atom. The predicted octanol–water partition coefficient (Wildman–Crippen LogP) is 2.19. The van der Waals surface area contributed by atoms with Gasteiger partial charge in [0.25, 0.3) is 0 Å². The fourth-order valence-corrected chi connectivity index (χ4v) is 2.48. The van der Waals surface area contributed by atoms with Crippen molar-refractivity contribution >= 4 is 0 Å². The Morgan fingerprint density at radius 3 is 2.57 bits per heavy atom. The Bertz CT molecular complexity index is 216. The fourth-order valence-electron chi connectivity index (χ4n) is 2.48. The van der Waals surface area contributed by atoms with Crippen LogP contribution < -0.4 is 5.32 Å². The molecule has 14 heavy (non-hydrogen) atoms.